The van der Waals surface area contributed by atoms with Gasteiger partial charge in [0, 0.05) is 11.6 Å². The molecular formula is C12H18O3. The van der Waals surface area contributed by atoms with E-state index in [0.29, 0.717) is 5.75 Å². The number of rotatable bonds is 5. The fraction of sp³-hybridized carbons (Fsp3) is 0.500. The molecule has 1 rings (SSSR count). The molecule has 84 valence electrons. The van der Waals surface area contributed by atoms with Crippen molar-refractivity contribution in [3.63, 3.8) is 0 Å². The summed E-state index contributed by atoms with van der Waals surface area (Å²) in [6.07, 6.45) is 1.22. The number of hydrogen-bond acceptors (Lipinski definition) is 3. The van der Waals surface area contributed by atoms with Crippen LogP contribution < -0.4 is 9.47 Å². The second-order valence-corrected chi connectivity index (χ2v) is 3.41. The minimum absolute atomic E-state index is 0.462. The molecule has 0 aliphatic rings. The first-order chi connectivity index (χ1) is 7.22. The monoisotopic (exact) mass is 210 g/mol. The quantitative estimate of drug-likeness (QED) is 0.811. The zero-order chi connectivity index (χ0) is 11.3. The van der Waals surface area contributed by atoms with Crippen LogP contribution in [-0.4, -0.2) is 19.3 Å². The Hall–Kier alpha value is -1.22. The summed E-state index contributed by atoms with van der Waals surface area (Å²) >= 11 is 0. The first kappa shape index (κ1) is 11.9. The molecule has 3 heteroatoms. The molecule has 1 aromatic carbocycles. The van der Waals surface area contributed by atoms with E-state index in [1.54, 1.807) is 20.3 Å². The average molecular weight is 210 g/mol. The molecule has 0 spiro atoms. The summed E-state index contributed by atoms with van der Waals surface area (Å²) < 4.78 is 10.3. The van der Waals surface area contributed by atoms with Gasteiger partial charge in [-0.05, 0) is 18.6 Å². The van der Waals surface area contributed by atoms with Gasteiger partial charge in [-0.3, -0.25) is 0 Å². The molecule has 1 atom stereocenters. The number of ether oxygens (including phenoxy) is 2. The van der Waals surface area contributed by atoms with Gasteiger partial charge in [-0.15, -0.1) is 0 Å². The molecule has 15 heavy (non-hydrogen) atoms. The summed E-state index contributed by atoms with van der Waals surface area (Å²) in [7, 11) is 3.20. The number of hydrogen-bond donors (Lipinski definition) is 1. The van der Waals surface area contributed by atoms with E-state index < -0.39 is 6.10 Å². The van der Waals surface area contributed by atoms with Crippen LogP contribution in [0.1, 0.15) is 31.4 Å². The van der Waals surface area contributed by atoms with Crippen molar-refractivity contribution in [1.82, 2.24) is 0 Å². The van der Waals surface area contributed by atoms with Crippen LogP contribution in [-0.2, 0) is 0 Å². The average Bonchev–Trinajstić information content (AvgIpc) is 2.28. The Morgan fingerprint density at radius 3 is 2.53 bits per heavy atom. The highest BCUT2D eigenvalue weighted by molar-refractivity contribution is 5.41. The fourth-order valence-corrected chi connectivity index (χ4v) is 1.52. The second kappa shape index (κ2) is 5.61. The summed E-state index contributed by atoms with van der Waals surface area (Å²) in [6, 6.07) is 5.46. The number of aliphatic hydroxyl groups excluding tert-OH is 1. The van der Waals surface area contributed by atoms with Crippen LogP contribution in [0.25, 0.3) is 0 Å². The van der Waals surface area contributed by atoms with Gasteiger partial charge in [0.05, 0.1) is 20.3 Å². The lowest BCUT2D eigenvalue weighted by Crippen LogP contribution is -2.00. The van der Waals surface area contributed by atoms with Crippen molar-refractivity contribution < 1.29 is 14.6 Å². The van der Waals surface area contributed by atoms with E-state index in [1.807, 2.05) is 19.1 Å². The summed E-state index contributed by atoms with van der Waals surface area (Å²) in [4.78, 5) is 0. The maximum absolute atomic E-state index is 9.88. The van der Waals surface area contributed by atoms with Gasteiger partial charge in [-0.1, -0.05) is 13.3 Å². The van der Waals surface area contributed by atoms with Gasteiger partial charge in [0.1, 0.15) is 11.5 Å². The molecule has 0 radical (unpaired) electrons. The van der Waals surface area contributed by atoms with Crippen molar-refractivity contribution >= 4 is 0 Å². The Labute approximate surface area is 90.6 Å². The van der Waals surface area contributed by atoms with Crippen molar-refractivity contribution in [2.75, 3.05) is 14.2 Å². The molecule has 0 heterocycles. The van der Waals surface area contributed by atoms with Crippen LogP contribution in [0.2, 0.25) is 0 Å². The van der Waals surface area contributed by atoms with E-state index in [9.17, 15) is 5.11 Å². The van der Waals surface area contributed by atoms with Gasteiger partial charge in [-0.25, -0.2) is 0 Å². The minimum Gasteiger partial charge on any atom is -0.497 e. The number of benzene rings is 1. The summed E-state index contributed by atoms with van der Waals surface area (Å²) in [5.41, 5.74) is 0.820. The van der Waals surface area contributed by atoms with Crippen LogP contribution in [0.5, 0.6) is 11.5 Å². The van der Waals surface area contributed by atoms with Gasteiger partial charge in [0.2, 0.25) is 0 Å². The zero-order valence-corrected chi connectivity index (χ0v) is 9.49. The molecule has 0 saturated carbocycles. The Balaban J connectivity index is 2.96. The predicted octanol–water partition coefficient (Wildman–Crippen LogP) is 2.54. The van der Waals surface area contributed by atoms with Crippen molar-refractivity contribution in [2.45, 2.75) is 25.9 Å². The molecule has 0 saturated heterocycles. The predicted molar refractivity (Wildman–Crippen MR) is 59.4 cm³/mol. The van der Waals surface area contributed by atoms with E-state index in [1.165, 1.54) is 0 Å². The van der Waals surface area contributed by atoms with Crippen molar-refractivity contribution in [3.05, 3.63) is 23.8 Å². The highest BCUT2D eigenvalue weighted by Gasteiger charge is 2.12. The summed E-state index contributed by atoms with van der Waals surface area (Å²) in [6.45, 7) is 2.04. The smallest absolute Gasteiger partial charge is 0.128 e. The van der Waals surface area contributed by atoms with Crippen molar-refractivity contribution in [1.29, 1.82) is 0 Å². The van der Waals surface area contributed by atoms with Crippen LogP contribution in [0, 0.1) is 0 Å². The van der Waals surface area contributed by atoms with E-state index in [-0.39, 0.29) is 0 Å². The lowest BCUT2D eigenvalue weighted by molar-refractivity contribution is 0.162. The molecule has 0 aliphatic carbocycles. The molecule has 1 aromatic rings. The lowest BCUT2D eigenvalue weighted by atomic mass is 10.0. The highest BCUT2D eigenvalue weighted by Crippen LogP contribution is 2.31. The van der Waals surface area contributed by atoms with Gasteiger partial charge in [0.25, 0.3) is 0 Å². The van der Waals surface area contributed by atoms with Crippen LogP contribution in [0.4, 0.5) is 0 Å². The molecule has 0 aliphatic heterocycles. The van der Waals surface area contributed by atoms with Crippen LogP contribution >= 0.6 is 0 Å². The molecule has 0 bridgehead atoms. The Morgan fingerprint density at radius 1 is 1.27 bits per heavy atom. The summed E-state index contributed by atoms with van der Waals surface area (Å²) in [5, 5.41) is 9.88. The Bertz CT molecular complexity index is 310. The minimum atomic E-state index is -0.462. The number of methoxy groups -OCH3 is 2. The van der Waals surface area contributed by atoms with Crippen molar-refractivity contribution in [3.8, 4) is 11.5 Å². The maximum atomic E-state index is 9.88. The molecular weight excluding hydrogens is 192 g/mol. The van der Waals surface area contributed by atoms with E-state index in [2.05, 4.69) is 0 Å². The third kappa shape index (κ3) is 2.86. The lowest BCUT2D eigenvalue weighted by Gasteiger charge is -2.14. The van der Waals surface area contributed by atoms with Crippen LogP contribution in [0.15, 0.2) is 18.2 Å². The SMILES string of the molecule is CCC[C@H](O)c1ccc(OC)cc1OC. The molecule has 0 aromatic heterocycles. The first-order valence-corrected chi connectivity index (χ1v) is 5.13. The normalized spacial score (nSPS) is 12.3. The second-order valence-electron chi connectivity index (χ2n) is 3.41. The first-order valence-electron chi connectivity index (χ1n) is 5.13. The molecule has 0 unspecified atom stereocenters. The maximum Gasteiger partial charge on any atom is 0.128 e. The van der Waals surface area contributed by atoms with Gasteiger partial charge in [0.15, 0.2) is 0 Å². The van der Waals surface area contributed by atoms with Gasteiger partial charge in [-0.2, -0.15) is 0 Å². The van der Waals surface area contributed by atoms with Gasteiger partial charge >= 0.3 is 0 Å². The highest BCUT2D eigenvalue weighted by atomic mass is 16.5. The van der Waals surface area contributed by atoms with Gasteiger partial charge < -0.3 is 14.6 Å². The third-order valence-electron chi connectivity index (χ3n) is 2.36. The third-order valence-corrected chi connectivity index (χ3v) is 2.36. The molecule has 0 fully saturated rings. The van der Waals surface area contributed by atoms with Crippen molar-refractivity contribution in [2.24, 2.45) is 0 Å². The standard InChI is InChI=1S/C12H18O3/c1-4-5-11(13)10-7-6-9(14-2)8-12(10)15-3/h6-8,11,13H,4-5H2,1-3H3/t11-/m0/s1. The molecule has 3 nitrogen and oxygen atoms in total. The Kier molecular flexibility index (Phi) is 4.43. The Morgan fingerprint density at radius 2 is 2.00 bits per heavy atom. The topological polar surface area (TPSA) is 38.7 Å². The number of aliphatic hydroxyl groups is 1. The molecule has 0 amide bonds. The van der Waals surface area contributed by atoms with Crippen LogP contribution in [0.3, 0.4) is 0 Å². The van der Waals surface area contributed by atoms with E-state index >= 15 is 0 Å². The zero-order valence-electron chi connectivity index (χ0n) is 9.49. The fourth-order valence-electron chi connectivity index (χ4n) is 1.52. The van der Waals surface area contributed by atoms with E-state index in [0.717, 1.165) is 24.2 Å². The largest absolute Gasteiger partial charge is 0.497 e. The molecule has 1 N–H and O–H groups in total. The summed E-state index contributed by atoms with van der Waals surface area (Å²) in [5.74, 6) is 1.41. The van der Waals surface area contributed by atoms with E-state index in [4.69, 9.17) is 9.47 Å².